The molecule has 4 N–H and O–H groups in total. The van der Waals surface area contributed by atoms with Crippen molar-refractivity contribution in [1.82, 2.24) is 30.5 Å². The van der Waals surface area contributed by atoms with Gasteiger partial charge in [0.1, 0.15) is 26.9 Å². The number of hydrogen-bond donors (Lipinski definition) is 3. The predicted octanol–water partition coefficient (Wildman–Crippen LogP) is 4.96. The molecule has 9 nitrogen and oxygen atoms in total. The maximum Gasteiger partial charge on any atom is 0.255 e. The summed E-state index contributed by atoms with van der Waals surface area (Å²) in [7, 11) is 1.43. The summed E-state index contributed by atoms with van der Waals surface area (Å²) in [6.07, 6.45) is 3.50. The quantitative estimate of drug-likeness (QED) is 0.280. The average molecular weight is 526 g/mol. The van der Waals surface area contributed by atoms with Gasteiger partial charge in [0.15, 0.2) is 5.82 Å². The first-order valence-electron chi connectivity index (χ1n) is 11.6. The molecule has 188 valence electrons. The minimum Gasteiger partial charge on any atom is -0.496 e. The van der Waals surface area contributed by atoms with Crippen molar-refractivity contribution in [3.63, 3.8) is 0 Å². The molecule has 0 aliphatic rings. The highest BCUT2D eigenvalue weighted by Crippen LogP contribution is 2.37. The number of hydrogen-bond acceptors (Lipinski definition) is 8. The van der Waals surface area contributed by atoms with E-state index in [0.29, 0.717) is 22.6 Å². The summed E-state index contributed by atoms with van der Waals surface area (Å²) in [5.74, 6) is -0.300. The number of rotatable bonds is 6. The van der Waals surface area contributed by atoms with Crippen LogP contribution in [0.2, 0.25) is 0 Å². The fourth-order valence-electron chi connectivity index (χ4n) is 4.23. The molecule has 0 aliphatic carbocycles. The van der Waals surface area contributed by atoms with Crippen LogP contribution in [0.15, 0.2) is 67.0 Å². The number of nitrogens with one attached hydrogen (secondary N) is 2. The van der Waals surface area contributed by atoms with Crippen molar-refractivity contribution < 1.29 is 13.9 Å². The van der Waals surface area contributed by atoms with Gasteiger partial charge in [0, 0.05) is 24.5 Å². The Bertz CT molecular complexity index is 1780. The predicted molar refractivity (Wildman–Crippen MR) is 144 cm³/mol. The monoisotopic (exact) mass is 525 g/mol. The van der Waals surface area contributed by atoms with Crippen molar-refractivity contribution in [3.05, 3.63) is 83.9 Å². The highest BCUT2D eigenvalue weighted by atomic mass is 32.1. The van der Waals surface area contributed by atoms with Gasteiger partial charge in [-0.2, -0.15) is 5.10 Å². The molecule has 4 aromatic heterocycles. The number of nitrogen functional groups attached to an aromatic ring is 1. The van der Waals surface area contributed by atoms with Crippen molar-refractivity contribution in [3.8, 4) is 27.6 Å². The number of H-pyrrole nitrogens is 1. The summed E-state index contributed by atoms with van der Waals surface area (Å²) < 4.78 is 18.8. The fraction of sp³-hybridized carbons (Fsp3) is 0.0741. The van der Waals surface area contributed by atoms with Crippen molar-refractivity contribution in [2.45, 2.75) is 6.54 Å². The second-order valence-corrected chi connectivity index (χ2v) is 9.43. The molecule has 0 radical (unpaired) electrons. The standard InChI is InChI=1S/C27H20FN7O2S/c1-37-20-9-8-16(28)11-17(20)25(36)32-12-14-4-6-15(7-5-14)22-21-23(34-35-24(21)29)18(13-31-22)26-33-19-3-2-10-30-27(19)38-26/h2-11,13H,12H2,1H3,(H,32,36)(H3,29,34,35). The second-order valence-electron chi connectivity index (χ2n) is 8.45. The van der Waals surface area contributed by atoms with E-state index in [-0.39, 0.29) is 12.1 Å². The lowest BCUT2D eigenvalue weighted by molar-refractivity contribution is 0.0947. The molecule has 38 heavy (non-hydrogen) atoms. The second kappa shape index (κ2) is 9.52. The Morgan fingerprint density at radius 2 is 2.00 bits per heavy atom. The number of halogens is 1. The number of amides is 1. The van der Waals surface area contributed by atoms with E-state index in [9.17, 15) is 9.18 Å². The van der Waals surface area contributed by atoms with Gasteiger partial charge in [-0.1, -0.05) is 35.6 Å². The molecule has 1 amide bonds. The number of aromatic amines is 1. The van der Waals surface area contributed by atoms with Gasteiger partial charge >= 0.3 is 0 Å². The van der Waals surface area contributed by atoms with Crippen molar-refractivity contribution in [2.75, 3.05) is 12.8 Å². The van der Waals surface area contributed by atoms with Crippen LogP contribution in [0.5, 0.6) is 5.75 Å². The summed E-state index contributed by atoms with van der Waals surface area (Å²) in [4.78, 5) is 27.2. The third-order valence-electron chi connectivity index (χ3n) is 6.11. The van der Waals surface area contributed by atoms with Gasteiger partial charge in [0.2, 0.25) is 0 Å². The summed E-state index contributed by atoms with van der Waals surface area (Å²) in [5.41, 5.74) is 11.1. The number of ether oxygens (including phenoxy) is 1. The van der Waals surface area contributed by atoms with E-state index in [2.05, 4.69) is 20.5 Å². The lowest BCUT2D eigenvalue weighted by atomic mass is 10.0. The van der Waals surface area contributed by atoms with E-state index in [4.69, 9.17) is 20.4 Å². The molecule has 6 rings (SSSR count). The summed E-state index contributed by atoms with van der Waals surface area (Å²) in [6.45, 7) is 0.250. The van der Waals surface area contributed by atoms with Crippen LogP contribution in [0.1, 0.15) is 15.9 Å². The molecule has 11 heteroatoms. The third kappa shape index (κ3) is 4.18. The zero-order chi connectivity index (χ0) is 26.2. The van der Waals surface area contributed by atoms with E-state index in [1.807, 2.05) is 36.4 Å². The summed E-state index contributed by atoms with van der Waals surface area (Å²) in [5, 5.41) is 11.5. The smallest absolute Gasteiger partial charge is 0.255 e. The van der Waals surface area contributed by atoms with Crippen LogP contribution in [-0.4, -0.2) is 38.2 Å². The highest BCUT2D eigenvalue weighted by molar-refractivity contribution is 7.21. The Hall–Kier alpha value is -4.90. The van der Waals surface area contributed by atoms with Gasteiger partial charge < -0.3 is 15.8 Å². The van der Waals surface area contributed by atoms with Gasteiger partial charge in [-0.05, 0) is 35.9 Å². The minimum atomic E-state index is -0.511. The molecule has 0 saturated heterocycles. The number of thiazole rings is 1. The van der Waals surface area contributed by atoms with E-state index in [1.54, 1.807) is 12.4 Å². The number of benzene rings is 2. The Morgan fingerprint density at radius 3 is 2.79 bits per heavy atom. The van der Waals surface area contributed by atoms with Crippen LogP contribution >= 0.6 is 11.3 Å². The summed E-state index contributed by atoms with van der Waals surface area (Å²) in [6, 6.07) is 15.2. The molecule has 4 heterocycles. The first-order valence-corrected chi connectivity index (χ1v) is 12.4. The zero-order valence-corrected chi connectivity index (χ0v) is 20.8. The molecule has 0 spiro atoms. The number of carbonyl (C=O) groups excluding carboxylic acids is 1. The molecule has 0 saturated carbocycles. The zero-order valence-electron chi connectivity index (χ0n) is 20.0. The van der Waals surface area contributed by atoms with Gasteiger partial charge in [-0.3, -0.25) is 14.9 Å². The Labute approximate surface area is 219 Å². The number of aromatic nitrogens is 5. The Kier molecular flexibility index (Phi) is 5.89. The molecular weight excluding hydrogens is 505 g/mol. The van der Waals surface area contributed by atoms with Crippen LogP contribution in [0.25, 0.3) is 43.1 Å². The number of methoxy groups -OCH3 is 1. The summed E-state index contributed by atoms with van der Waals surface area (Å²) >= 11 is 1.47. The van der Waals surface area contributed by atoms with E-state index >= 15 is 0 Å². The van der Waals surface area contributed by atoms with Crippen LogP contribution in [0.4, 0.5) is 10.2 Å². The van der Waals surface area contributed by atoms with E-state index in [1.165, 1.54) is 30.6 Å². The maximum atomic E-state index is 13.6. The van der Waals surface area contributed by atoms with Crippen LogP contribution in [0, 0.1) is 5.82 Å². The van der Waals surface area contributed by atoms with Crippen LogP contribution in [0.3, 0.4) is 0 Å². The number of anilines is 1. The van der Waals surface area contributed by atoms with Gasteiger partial charge in [0.25, 0.3) is 5.91 Å². The van der Waals surface area contributed by atoms with Crippen molar-refractivity contribution in [2.24, 2.45) is 0 Å². The molecular formula is C27H20FN7O2S. The molecule has 0 bridgehead atoms. The Balaban J connectivity index is 1.27. The maximum absolute atomic E-state index is 13.6. The van der Waals surface area contributed by atoms with Crippen LogP contribution in [-0.2, 0) is 6.54 Å². The number of pyridine rings is 2. The molecule has 0 fully saturated rings. The number of carbonyl (C=O) groups is 1. The first-order chi connectivity index (χ1) is 18.5. The Morgan fingerprint density at radius 1 is 1.16 bits per heavy atom. The lowest BCUT2D eigenvalue weighted by Crippen LogP contribution is -2.23. The largest absolute Gasteiger partial charge is 0.496 e. The van der Waals surface area contributed by atoms with Crippen molar-refractivity contribution in [1.29, 1.82) is 0 Å². The molecule has 0 atom stereocenters. The highest BCUT2D eigenvalue weighted by Gasteiger charge is 2.19. The third-order valence-corrected chi connectivity index (χ3v) is 7.12. The lowest BCUT2D eigenvalue weighted by Gasteiger charge is -2.10. The molecule has 2 aromatic carbocycles. The minimum absolute atomic E-state index is 0.134. The number of nitrogens with two attached hydrogens (primary N) is 1. The van der Waals surface area contributed by atoms with E-state index < -0.39 is 11.7 Å². The van der Waals surface area contributed by atoms with Crippen LogP contribution < -0.4 is 15.8 Å². The average Bonchev–Trinajstić information content (AvgIpc) is 3.55. The van der Waals surface area contributed by atoms with Gasteiger partial charge in [0.05, 0.1) is 34.8 Å². The molecule has 0 unspecified atom stereocenters. The first kappa shape index (κ1) is 23.5. The van der Waals surface area contributed by atoms with Gasteiger partial charge in [-0.25, -0.2) is 14.4 Å². The number of fused-ring (bicyclic) bond motifs is 2. The fourth-order valence-corrected chi connectivity index (χ4v) is 5.15. The van der Waals surface area contributed by atoms with Gasteiger partial charge in [-0.15, -0.1) is 0 Å². The molecule has 0 aliphatic heterocycles. The van der Waals surface area contributed by atoms with E-state index in [0.717, 1.165) is 43.6 Å². The number of nitrogens with zero attached hydrogens (tertiary/aromatic N) is 4. The molecule has 6 aromatic rings. The van der Waals surface area contributed by atoms with Crippen molar-refractivity contribution >= 4 is 44.3 Å². The topological polar surface area (TPSA) is 132 Å². The normalized spacial score (nSPS) is 11.2. The SMILES string of the molecule is COc1ccc(F)cc1C(=O)NCc1ccc(-c2ncc(-c3nc4cccnc4s3)c3[nH]nc(N)c23)cc1.